The number of benzene rings is 3. The normalized spacial score (nSPS) is 13.9. The number of fused-ring (bicyclic) bond motifs is 1. The molecule has 0 unspecified atom stereocenters. The van der Waals surface area contributed by atoms with E-state index in [0.717, 1.165) is 52.0 Å². The molecule has 8 heteroatoms. The lowest BCUT2D eigenvalue weighted by atomic mass is 10.0. The molecule has 0 atom stereocenters. The summed E-state index contributed by atoms with van der Waals surface area (Å²) in [7, 11) is 0. The van der Waals surface area contributed by atoms with E-state index in [1.165, 1.54) is 21.9 Å². The third kappa shape index (κ3) is 6.20. The van der Waals surface area contributed by atoms with Crippen LogP contribution in [0.1, 0.15) is 24.0 Å². The average Bonchev–Trinajstić information content (AvgIpc) is 3.21. The Morgan fingerprint density at radius 1 is 0.833 bits per heavy atom. The first-order valence-corrected chi connectivity index (χ1v) is 12.7. The Morgan fingerprint density at radius 2 is 1.64 bits per heavy atom. The van der Waals surface area contributed by atoms with Crippen molar-refractivity contribution in [3.8, 4) is 5.75 Å². The van der Waals surface area contributed by atoms with Crippen molar-refractivity contribution >= 4 is 28.6 Å². The lowest BCUT2D eigenvalue weighted by molar-refractivity contribution is 0.475. The molecular formula is C28H33N7O. The van der Waals surface area contributed by atoms with E-state index in [-0.39, 0.29) is 0 Å². The van der Waals surface area contributed by atoms with Gasteiger partial charge in [0.2, 0.25) is 17.8 Å². The number of hydrogen-bond donors (Lipinski definition) is 4. The summed E-state index contributed by atoms with van der Waals surface area (Å²) in [6.45, 7) is 5.09. The van der Waals surface area contributed by atoms with Gasteiger partial charge in [0.15, 0.2) is 0 Å². The van der Waals surface area contributed by atoms with Crippen LogP contribution in [0.4, 0.5) is 17.8 Å². The Balaban J connectivity index is 1.29. The maximum atomic E-state index is 9.47. The number of nitrogens with zero attached hydrogens (tertiary/aromatic N) is 4. The number of aromatic nitrogens is 3. The Morgan fingerprint density at radius 3 is 2.53 bits per heavy atom. The minimum absolute atomic E-state index is 0.293. The monoisotopic (exact) mass is 483 g/mol. The highest BCUT2D eigenvalue weighted by molar-refractivity contribution is 5.85. The van der Waals surface area contributed by atoms with Crippen LogP contribution < -0.4 is 20.9 Å². The first-order valence-electron chi connectivity index (χ1n) is 12.7. The first-order chi connectivity index (χ1) is 17.7. The van der Waals surface area contributed by atoms with Crippen molar-refractivity contribution < 1.29 is 5.11 Å². The molecule has 0 amide bonds. The van der Waals surface area contributed by atoms with Crippen LogP contribution in [0, 0.1) is 0 Å². The number of phenols is 1. The van der Waals surface area contributed by atoms with Crippen molar-refractivity contribution in [3.05, 3.63) is 77.9 Å². The molecule has 0 saturated carbocycles. The summed E-state index contributed by atoms with van der Waals surface area (Å²) >= 11 is 0. The van der Waals surface area contributed by atoms with Gasteiger partial charge in [0.1, 0.15) is 5.75 Å². The van der Waals surface area contributed by atoms with E-state index in [4.69, 9.17) is 9.97 Å². The summed E-state index contributed by atoms with van der Waals surface area (Å²) in [4.78, 5) is 16.4. The molecule has 0 aliphatic carbocycles. The van der Waals surface area contributed by atoms with E-state index >= 15 is 0 Å². The van der Waals surface area contributed by atoms with Crippen LogP contribution in [-0.4, -0.2) is 52.8 Å². The van der Waals surface area contributed by atoms with Gasteiger partial charge in [-0.3, -0.25) is 0 Å². The van der Waals surface area contributed by atoms with Crippen LogP contribution in [0.15, 0.2) is 66.7 Å². The molecule has 0 bridgehead atoms. The van der Waals surface area contributed by atoms with E-state index in [1.807, 2.05) is 12.1 Å². The molecule has 1 saturated heterocycles. The molecule has 1 fully saturated rings. The first kappa shape index (κ1) is 23.8. The van der Waals surface area contributed by atoms with E-state index in [2.05, 4.69) is 68.3 Å². The van der Waals surface area contributed by atoms with Crippen molar-refractivity contribution in [1.29, 1.82) is 0 Å². The molecule has 1 aromatic heterocycles. The van der Waals surface area contributed by atoms with Gasteiger partial charge in [-0.25, -0.2) is 0 Å². The largest absolute Gasteiger partial charge is 0.508 e. The lowest BCUT2D eigenvalue weighted by Gasteiger charge is -2.21. The molecule has 4 aromatic rings. The fourth-order valence-electron chi connectivity index (χ4n) is 4.49. The average molecular weight is 484 g/mol. The quantitative estimate of drug-likeness (QED) is 0.263. The van der Waals surface area contributed by atoms with E-state index in [9.17, 15) is 5.11 Å². The summed E-state index contributed by atoms with van der Waals surface area (Å²) in [5.41, 5.74) is 2.40. The van der Waals surface area contributed by atoms with Gasteiger partial charge >= 0.3 is 0 Å². The zero-order valence-electron chi connectivity index (χ0n) is 20.5. The molecule has 2 heterocycles. The second kappa shape index (κ2) is 11.7. The van der Waals surface area contributed by atoms with Gasteiger partial charge in [-0.2, -0.15) is 15.0 Å². The van der Waals surface area contributed by atoms with Gasteiger partial charge in [-0.1, -0.05) is 54.6 Å². The van der Waals surface area contributed by atoms with Crippen molar-refractivity contribution in [2.24, 2.45) is 0 Å². The number of phenolic OH excluding ortho intramolecular Hbond substituents is 1. The standard InChI is InChI=1S/C28H33N7O/c36-24-13-11-21(12-14-24)6-4-16-30-26-32-27(34-28(33-26)35-18-5-15-29-17-19-35)31-20-23-9-3-8-22-7-1-2-10-25(22)23/h1-3,7-14,29,36H,4-6,15-20H2,(H2,30,31,32,33,34). The molecule has 186 valence electrons. The number of aromatic hydroxyl groups is 1. The Bertz CT molecular complexity index is 1270. The second-order valence-electron chi connectivity index (χ2n) is 9.06. The maximum absolute atomic E-state index is 9.47. The summed E-state index contributed by atoms with van der Waals surface area (Å²) in [5, 5.41) is 22.2. The van der Waals surface area contributed by atoms with Gasteiger partial charge in [-0.05, 0) is 59.8 Å². The number of nitrogens with one attached hydrogen (secondary N) is 3. The Hall–Kier alpha value is -3.91. The van der Waals surface area contributed by atoms with Crippen LogP contribution in [-0.2, 0) is 13.0 Å². The summed E-state index contributed by atoms with van der Waals surface area (Å²) in [6.07, 6.45) is 2.90. The van der Waals surface area contributed by atoms with E-state index in [0.29, 0.717) is 30.1 Å². The van der Waals surface area contributed by atoms with Crippen LogP contribution in [0.5, 0.6) is 5.75 Å². The molecule has 8 nitrogen and oxygen atoms in total. The van der Waals surface area contributed by atoms with Crippen molar-refractivity contribution in [1.82, 2.24) is 20.3 Å². The van der Waals surface area contributed by atoms with E-state index in [1.54, 1.807) is 12.1 Å². The molecule has 1 aliphatic rings. The lowest BCUT2D eigenvalue weighted by Crippen LogP contribution is -2.30. The van der Waals surface area contributed by atoms with E-state index < -0.39 is 0 Å². The van der Waals surface area contributed by atoms with Gasteiger partial charge in [0, 0.05) is 32.7 Å². The van der Waals surface area contributed by atoms with Crippen molar-refractivity contribution in [3.63, 3.8) is 0 Å². The SMILES string of the molecule is Oc1ccc(CCCNc2nc(NCc3cccc4ccccc34)nc(N3CCCNCC3)n2)cc1. The minimum atomic E-state index is 0.293. The van der Waals surface area contributed by atoms with Gasteiger partial charge < -0.3 is 26.0 Å². The fraction of sp³-hybridized carbons (Fsp3) is 0.321. The third-order valence-corrected chi connectivity index (χ3v) is 6.43. The number of hydrogen-bond acceptors (Lipinski definition) is 8. The molecule has 5 rings (SSSR count). The molecule has 36 heavy (non-hydrogen) atoms. The Kier molecular flexibility index (Phi) is 7.73. The number of anilines is 3. The van der Waals surface area contributed by atoms with Gasteiger partial charge in [-0.15, -0.1) is 0 Å². The molecule has 3 aromatic carbocycles. The van der Waals surface area contributed by atoms with Crippen LogP contribution in [0.2, 0.25) is 0 Å². The molecule has 0 radical (unpaired) electrons. The number of aryl methyl sites for hydroxylation is 1. The summed E-state index contributed by atoms with van der Waals surface area (Å²) in [5.74, 6) is 2.16. The Labute approximate surface area is 211 Å². The van der Waals surface area contributed by atoms with Crippen molar-refractivity contribution in [2.75, 3.05) is 48.3 Å². The smallest absolute Gasteiger partial charge is 0.232 e. The second-order valence-corrected chi connectivity index (χ2v) is 9.06. The highest BCUT2D eigenvalue weighted by Gasteiger charge is 2.15. The minimum Gasteiger partial charge on any atom is -0.508 e. The van der Waals surface area contributed by atoms with Crippen molar-refractivity contribution in [2.45, 2.75) is 25.8 Å². The van der Waals surface area contributed by atoms with Gasteiger partial charge in [0.25, 0.3) is 0 Å². The predicted octanol–water partition coefficient (Wildman–Crippen LogP) is 4.19. The highest BCUT2D eigenvalue weighted by atomic mass is 16.3. The zero-order chi connectivity index (χ0) is 24.6. The molecule has 0 spiro atoms. The molecule has 1 aliphatic heterocycles. The molecular weight excluding hydrogens is 450 g/mol. The zero-order valence-corrected chi connectivity index (χ0v) is 20.5. The van der Waals surface area contributed by atoms with Crippen LogP contribution >= 0.6 is 0 Å². The highest BCUT2D eigenvalue weighted by Crippen LogP contribution is 2.20. The van der Waals surface area contributed by atoms with Crippen LogP contribution in [0.25, 0.3) is 10.8 Å². The maximum Gasteiger partial charge on any atom is 0.232 e. The number of rotatable bonds is 9. The fourth-order valence-corrected chi connectivity index (χ4v) is 4.49. The topological polar surface area (TPSA) is 98.2 Å². The van der Waals surface area contributed by atoms with Crippen LogP contribution in [0.3, 0.4) is 0 Å². The third-order valence-electron chi connectivity index (χ3n) is 6.43. The summed E-state index contributed by atoms with van der Waals surface area (Å²) < 4.78 is 0. The van der Waals surface area contributed by atoms with Gasteiger partial charge in [0.05, 0.1) is 0 Å². The summed E-state index contributed by atoms with van der Waals surface area (Å²) in [6, 6.07) is 22.1. The predicted molar refractivity (Wildman–Crippen MR) is 146 cm³/mol. The molecule has 4 N–H and O–H groups in total.